The van der Waals surface area contributed by atoms with Gasteiger partial charge in [0, 0.05) is 10.6 Å². The summed E-state index contributed by atoms with van der Waals surface area (Å²) in [6.45, 7) is 1.39. The van der Waals surface area contributed by atoms with Crippen LogP contribution in [0.2, 0.25) is 5.02 Å². The van der Waals surface area contributed by atoms with E-state index in [1.807, 2.05) is 36.4 Å². The summed E-state index contributed by atoms with van der Waals surface area (Å²) in [5.41, 5.74) is 2.45. The lowest BCUT2D eigenvalue weighted by atomic mass is 10.0. The first-order chi connectivity index (χ1) is 14.4. The zero-order valence-corrected chi connectivity index (χ0v) is 17.2. The van der Waals surface area contributed by atoms with Gasteiger partial charge in [0.05, 0.1) is 18.4 Å². The summed E-state index contributed by atoms with van der Waals surface area (Å²) in [6, 6.07) is 17.8. The van der Waals surface area contributed by atoms with Crippen LogP contribution in [0.4, 0.5) is 5.69 Å². The number of hydrogen-bond donors (Lipinski definition) is 2. The lowest BCUT2D eigenvalue weighted by Gasteiger charge is -2.13. The molecule has 2 N–H and O–H groups in total. The second-order valence-corrected chi connectivity index (χ2v) is 6.95. The molecule has 0 aliphatic rings. The van der Waals surface area contributed by atoms with Gasteiger partial charge in [-0.2, -0.15) is 0 Å². The molecule has 0 atom stereocenters. The molecule has 3 aromatic rings. The van der Waals surface area contributed by atoms with E-state index in [1.165, 1.54) is 6.07 Å². The number of rotatable bonds is 7. The Kier molecular flexibility index (Phi) is 6.59. The van der Waals surface area contributed by atoms with Crippen LogP contribution >= 0.6 is 11.6 Å². The number of aromatic carboxylic acids is 1. The molecule has 0 saturated heterocycles. The molecule has 3 rings (SSSR count). The summed E-state index contributed by atoms with van der Waals surface area (Å²) >= 11 is 5.92. The highest BCUT2D eigenvalue weighted by Crippen LogP contribution is 2.31. The Morgan fingerprint density at radius 3 is 2.57 bits per heavy atom. The van der Waals surface area contributed by atoms with Crippen molar-refractivity contribution in [2.75, 3.05) is 19.0 Å². The van der Waals surface area contributed by atoms with Crippen LogP contribution in [0, 0.1) is 6.92 Å². The van der Waals surface area contributed by atoms with Gasteiger partial charge in [0.15, 0.2) is 6.61 Å². The van der Waals surface area contributed by atoms with Crippen molar-refractivity contribution in [3.05, 3.63) is 76.8 Å². The van der Waals surface area contributed by atoms with Gasteiger partial charge in [-0.05, 0) is 48.4 Å². The second kappa shape index (κ2) is 9.33. The number of halogens is 1. The maximum atomic E-state index is 12.4. The van der Waals surface area contributed by atoms with Crippen molar-refractivity contribution in [1.82, 2.24) is 0 Å². The van der Waals surface area contributed by atoms with Crippen LogP contribution in [0.15, 0.2) is 60.7 Å². The Hall–Kier alpha value is -3.51. The van der Waals surface area contributed by atoms with E-state index in [2.05, 4.69) is 5.32 Å². The third-order valence-electron chi connectivity index (χ3n) is 4.42. The average Bonchev–Trinajstić information content (AvgIpc) is 2.74. The fraction of sp³-hybridized carbons (Fsp3) is 0.130. The zero-order chi connectivity index (χ0) is 21.7. The van der Waals surface area contributed by atoms with E-state index >= 15 is 0 Å². The number of methoxy groups -OCH3 is 1. The summed E-state index contributed by atoms with van der Waals surface area (Å²) in [5.74, 6) is -0.432. The molecule has 30 heavy (non-hydrogen) atoms. The van der Waals surface area contributed by atoms with Crippen LogP contribution in [0.1, 0.15) is 15.9 Å². The lowest BCUT2D eigenvalue weighted by molar-refractivity contribution is -0.118. The van der Waals surface area contributed by atoms with Gasteiger partial charge in [-0.1, -0.05) is 41.9 Å². The second-order valence-electron chi connectivity index (χ2n) is 6.52. The highest BCUT2D eigenvalue weighted by molar-refractivity contribution is 6.31. The molecule has 154 valence electrons. The van der Waals surface area contributed by atoms with Crippen molar-refractivity contribution in [1.29, 1.82) is 0 Å². The van der Waals surface area contributed by atoms with Crippen LogP contribution in [-0.4, -0.2) is 30.7 Å². The zero-order valence-electron chi connectivity index (χ0n) is 16.4. The minimum Gasteiger partial charge on any atom is -0.496 e. The highest BCUT2D eigenvalue weighted by atomic mass is 35.5. The monoisotopic (exact) mass is 425 g/mol. The molecule has 0 heterocycles. The molecule has 0 aliphatic heterocycles. The topological polar surface area (TPSA) is 84.9 Å². The van der Waals surface area contributed by atoms with Crippen molar-refractivity contribution < 1.29 is 24.2 Å². The molecule has 0 saturated carbocycles. The van der Waals surface area contributed by atoms with Crippen LogP contribution in [0.5, 0.6) is 11.5 Å². The number of nitrogens with one attached hydrogen (secondary N) is 1. The number of carbonyl (C=O) groups excluding carboxylic acids is 1. The van der Waals surface area contributed by atoms with E-state index in [9.17, 15) is 14.7 Å². The number of hydrogen-bond acceptors (Lipinski definition) is 4. The van der Waals surface area contributed by atoms with E-state index in [0.717, 1.165) is 16.9 Å². The van der Waals surface area contributed by atoms with Gasteiger partial charge in [0.2, 0.25) is 0 Å². The first-order valence-corrected chi connectivity index (χ1v) is 9.46. The molecule has 0 bridgehead atoms. The molecule has 1 amide bonds. The van der Waals surface area contributed by atoms with Crippen molar-refractivity contribution in [2.45, 2.75) is 6.92 Å². The van der Waals surface area contributed by atoms with E-state index in [1.54, 1.807) is 32.2 Å². The smallest absolute Gasteiger partial charge is 0.337 e. The highest BCUT2D eigenvalue weighted by Gasteiger charge is 2.16. The minimum absolute atomic E-state index is 0.0773. The van der Waals surface area contributed by atoms with Gasteiger partial charge >= 0.3 is 5.97 Å². The van der Waals surface area contributed by atoms with Crippen LogP contribution < -0.4 is 14.8 Å². The largest absolute Gasteiger partial charge is 0.496 e. The number of aryl methyl sites for hydroxylation is 1. The molecule has 0 radical (unpaired) electrons. The summed E-state index contributed by atoms with van der Waals surface area (Å²) in [7, 11) is 1.60. The van der Waals surface area contributed by atoms with Gasteiger partial charge in [0.1, 0.15) is 11.5 Å². The van der Waals surface area contributed by atoms with Gasteiger partial charge in [-0.25, -0.2) is 4.79 Å². The van der Waals surface area contributed by atoms with Gasteiger partial charge in [0.25, 0.3) is 5.91 Å². The predicted octanol–water partition coefficient (Wildman–Crippen LogP) is 5.04. The fourth-order valence-electron chi connectivity index (χ4n) is 3.04. The Morgan fingerprint density at radius 1 is 1.07 bits per heavy atom. The average molecular weight is 426 g/mol. The number of carbonyl (C=O) groups is 2. The quantitative estimate of drug-likeness (QED) is 0.554. The van der Waals surface area contributed by atoms with E-state index < -0.39 is 11.9 Å². The van der Waals surface area contributed by atoms with Crippen LogP contribution in [-0.2, 0) is 4.79 Å². The lowest BCUT2D eigenvalue weighted by Crippen LogP contribution is -2.22. The molecule has 0 aliphatic carbocycles. The number of ether oxygens (including phenoxy) is 2. The Bertz CT molecular complexity index is 1100. The van der Waals surface area contributed by atoms with Gasteiger partial charge < -0.3 is 19.9 Å². The van der Waals surface area contributed by atoms with E-state index in [4.69, 9.17) is 21.1 Å². The summed E-state index contributed by atoms with van der Waals surface area (Å²) in [6.07, 6.45) is 0. The normalized spacial score (nSPS) is 10.4. The van der Waals surface area contributed by atoms with Crippen molar-refractivity contribution in [2.24, 2.45) is 0 Å². The number of carboxylic acids is 1. The Morgan fingerprint density at radius 2 is 1.83 bits per heavy atom. The molecular weight excluding hydrogens is 406 g/mol. The molecule has 0 spiro atoms. The van der Waals surface area contributed by atoms with Crippen LogP contribution in [0.3, 0.4) is 0 Å². The first-order valence-electron chi connectivity index (χ1n) is 9.08. The third kappa shape index (κ3) is 4.90. The Labute approximate surface area is 179 Å². The number of anilines is 1. The molecule has 3 aromatic carbocycles. The summed E-state index contributed by atoms with van der Waals surface area (Å²) in [5, 5.41) is 12.2. The first kappa shape index (κ1) is 21.2. The van der Waals surface area contributed by atoms with E-state index in [0.29, 0.717) is 11.3 Å². The number of para-hydroxylation sites is 1. The van der Waals surface area contributed by atoms with Crippen molar-refractivity contribution in [3.63, 3.8) is 0 Å². The van der Waals surface area contributed by atoms with Crippen molar-refractivity contribution in [3.8, 4) is 22.6 Å². The predicted molar refractivity (Wildman–Crippen MR) is 116 cm³/mol. The van der Waals surface area contributed by atoms with Crippen molar-refractivity contribution >= 4 is 29.2 Å². The number of amides is 1. The Balaban J connectivity index is 1.73. The number of carboxylic acid groups (broad SMARTS) is 1. The summed E-state index contributed by atoms with van der Waals surface area (Å²) < 4.78 is 11.0. The molecular formula is C23H20ClNO5. The minimum atomic E-state index is -1.18. The van der Waals surface area contributed by atoms with Crippen LogP contribution in [0.25, 0.3) is 11.1 Å². The fourth-order valence-corrected chi connectivity index (χ4v) is 3.31. The molecule has 0 unspecified atom stereocenters. The third-order valence-corrected chi connectivity index (χ3v) is 4.64. The standard InChI is InChI=1S/C23H20ClNO5/c1-14-10-16(24)12-19(23(27)28)22(14)25-21(26)13-30-17-7-5-6-15(11-17)18-8-3-4-9-20(18)29-2/h3-12H,13H2,1-2H3,(H,25,26)(H,27,28). The maximum Gasteiger partial charge on any atom is 0.337 e. The SMILES string of the molecule is COc1ccccc1-c1cccc(OCC(=O)Nc2c(C)cc(Cl)cc2C(=O)O)c1. The molecule has 0 fully saturated rings. The number of benzene rings is 3. The maximum absolute atomic E-state index is 12.4. The van der Waals surface area contributed by atoms with Gasteiger partial charge in [-0.15, -0.1) is 0 Å². The molecule has 0 aromatic heterocycles. The van der Waals surface area contributed by atoms with E-state index in [-0.39, 0.29) is 22.9 Å². The summed E-state index contributed by atoms with van der Waals surface area (Å²) in [4.78, 5) is 23.8. The molecule has 7 heteroatoms. The molecule has 6 nitrogen and oxygen atoms in total. The van der Waals surface area contributed by atoms with Gasteiger partial charge in [-0.3, -0.25) is 4.79 Å².